The van der Waals surface area contributed by atoms with Gasteiger partial charge in [0.15, 0.2) is 5.96 Å². The molecule has 110 valence electrons. The third-order valence-corrected chi connectivity index (χ3v) is 3.50. The van der Waals surface area contributed by atoms with Gasteiger partial charge >= 0.3 is 5.97 Å². The van der Waals surface area contributed by atoms with Crippen molar-refractivity contribution in [2.45, 2.75) is 57.4 Å². The Morgan fingerprint density at radius 2 is 2.00 bits per heavy atom. The molecule has 5 nitrogen and oxygen atoms in total. The zero-order chi connectivity index (χ0) is 13.9. The number of guanidine groups is 1. The summed E-state index contributed by atoms with van der Waals surface area (Å²) in [6.45, 7) is 0.837. The Kier molecular flexibility index (Phi) is 8.02. The van der Waals surface area contributed by atoms with Crippen LogP contribution in [0, 0.1) is 0 Å². The Bertz CT molecular complexity index is 286. The molecule has 0 bridgehead atoms. The van der Waals surface area contributed by atoms with E-state index in [9.17, 15) is 4.79 Å². The van der Waals surface area contributed by atoms with Crippen LogP contribution < -0.4 is 10.6 Å². The maximum atomic E-state index is 10.9. The second-order valence-electron chi connectivity index (χ2n) is 5.01. The molecular weight excluding hydrogens is 242 g/mol. The third-order valence-electron chi connectivity index (χ3n) is 3.50. The molecule has 0 unspecified atom stereocenters. The van der Waals surface area contributed by atoms with Crippen LogP contribution in [0.4, 0.5) is 0 Å². The summed E-state index contributed by atoms with van der Waals surface area (Å²) in [4.78, 5) is 15.2. The monoisotopic (exact) mass is 269 g/mol. The number of esters is 1. The van der Waals surface area contributed by atoms with Gasteiger partial charge in [0, 0.05) is 26.1 Å². The molecule has 0 atom stereocenters. The summed E-state index contributed by atoms with van der Waals surface area (Å²) >= 11 is 0. The van der Waals surface area contributed by atoms with E-state index in [-0.39, 0.29) is 5.97 Å². The van der Waals surface area contributed by atoms with Crippen LogP contribution in [-0.4, -0.2) is 38.7 Å². The molecule has 0 radical (unpaired) electrons. The second-order valence-corrected chi connectivity index (χ2v) is 5.01. The Morgan fingerprint density at radius 3 is 2.63 bits per heavy atom. The molecule has 2 N–H and O–H groups in total. The first-order valence-electron chi connectivity index (χ1n) is 7.30. The van der Waals surface area contributed by atoms with E-state index < -0.39 is 0 Å². The topological polar surface area (TPSA) is 62.7 Å². The summed E-state index contributed by atoms with van der Waals surface area (Å²) in [5.74, 6) is 0.745. The fourth-order valence-electron chi connectivity index (χ4n) is 2.34. The third kappa shape index (κ3) is 7.03. The van der Waals surface area contributed by atoms with Crippen molar-refractivity contribution in [2.24, 2.45) is 4.99 Å². The number of nitrogens with zero attached hydrogens (tertiary/aromatic N) is 1. The van der Waals surface area contributed by atoms with Gasteiger partial charge in [-0.25, -0.2) is 0 Å². The van der Waals surface area contributed by atoms with Gasteiger partial charge < -0.3 is 15.4 Å². The number of aliphatic imine (C=N–C) groups is 1. The van der Waals surface area contributed by atoms with Gasteiger partial charge in [-0.3, -0.25) is 9.79 Å². The highest BCUT2D eigenvalue weighted by atomic mass is 16.5. The van der Waals surface area contributed by atoms with E-state index in [2.05, 4.69) is 20.4 Å². The fraction of sp³-hybridized carbons (Fsp3) is 0.857. The van der Waals surface area contributed by atoms with Gasteiger partial charge in [-0.05, 0) is 25.7 Å². The smallest absolute Gasteiger partial charge is 0.305 e. The minimum atomic E-state index is -0.135. The van der Waals surface area contributed by atoms with Crippen LogP contribution in [0.15, 0.2) is 4.99 Å². The van der Waals surface area contributed by atoms with Crippen LogP contribution in [0.3, 0.4) is 0 Å². The minimum Gasteiger partial charge on any atom is -0.469 e. The van der Waals surface area contributed by atoms with Crippen LogP contribution >= 0.6 is 0 Å². The molecule has 0 aromatic carbocycles. The summed E-state index contributed by atoms with van der Waals surface area (Å²) in [7, 11) is 3.23. The van der Waals surface area contributed by atoms with Crippen LogP contribution in [0.5, 0.6) is 0 Å². The summed E-state index contributed by atoms with van der Waals surface area (Å²) in [5.41, 5.74) is 0. The van der Waals surface area contributed by atoms with Crippen molar-refractivity contribution >= 4 is 11.9 Å². The van der Waals surface area contributed by atoms with Gasteiger partial charge in [0.2, 0.25) is 0 Å². The lowest BCUT2D eigenvalue weighted by Gasteiger charge is -2.24. The average Bonchev–Trinajstić information content (AvgIpc) is 2.46. The Hall–Kier alpha value is -1.26. The van der Waals surface area contributed by atoms with E-state index in [0.29, 0.717) is 12.5 Å². The normalized spacial score (nSPS) is 17.1. The van der Waals surface area contributed by atoms with Crippen molar-refractivity contribution in [3.8, 4) is 0 Å². The first-order valence-corrected chi connectivity index (χ1v) is 7.30. The average molecular weight is 269 g/mol. The highest BCUT2D eigenvalue weighted by Crippen LogP contribution is 2.17. The summed E-state index contributed by atoms with van der Waals surface area (Å²) < 4.78 is 4.60. The molecule has 1 saturated carbocycles. The lowest BCUT2D eigenvalue weighted by molar-refractivity contribution is -0.140. The molecule has 0 spiro atoms. The Morgan fingerprint density at radius 1 is 1.26 bits per heavy atom. The molecule has 1 fully saturated rings. The lowest BCUT2D eigenvalue weighted by Crippen LogP contribution is -2.44. The van der Waals surface area contributed by atoms with E-state index in [4.69, 9.17) is 0 Å². The van der Waals surface area contributed by atoms with Crippen LogP contribution in [0.25, 0.3) is 0 Å². The van der Waals surface area contributed by atoms with E-state index in [1.165, 1.54) is 39.2 Å². The van der Waals surface area contributed by atoms with Crippen molar-refractivity contribution in [2.75, 3.05) is 20.7 Å². The first-order chi connectivity index (χ1) is 9.26. The molecule has 0 aromatic rings. The molecule has 1 aliphatic rings. The maximum absolute atomic E-state index is 10.9. The second kappa shape index (κ2) is 9.64. The Balaban J connectivity index is 2.09. The van der Waals surface area contributed by atoms with E-state index in [1.54, 1.807) is 7.05 Å². The van der Waals surface area contributed by atoms with Gasteiger partial charge in [-0.15, -0.1) is 0 Å². The number of unbranched alkanes of at least 4 members (excludes halogenated alkanes) is 1. The number of carbonyl (C=O) groups is 1. The van der Waals surface area contributed by atoms with Crippen molar-refractivity contribution < 1.29 is 9.53 Å². The fourth-order valence-corrected chi connectivity index (χ4v) is 2.34. The van der Waals surface area contributed by atoms with Gasteiger partial charge in [0.1, 0.15) is 0 Å². The van der Waals surface area contributed by atoms with Crippen LogP contribution in [0.1, 0.15) is 51.4 Å². The predicted octanol–water partition coefficient (Wildman–Crippen LogP) is 1.83. The summed E-state index contributed by atoms with van der Waals surface area (Å²) in [6, 6.07) is 0.565. The molecule has 0 saturated heterocycles. The number of methoxy groups -OCH3 is 1. The molecule has 0 aromatic heterocycles. The number of nitrogens with one attached hydrogen (secondary N) is 2. The van der Waals surface area contributed by atoms with Gasteiger partial charge in [0.25, 0.3) is 0 Å². The van der Waals surface area contributed by atoms with Crippen molar-refractivity contribution in [3.63, 3.8) is 0 Å². The number of ether oxygens (including phenoxy) is 1. The SMILES string of the molecule is CN=C(NCCCCC(=O)OC)NC1CCCCC1. The van der Waals surface area contributed by atoms with Crippen molar-refractivity contribution in [1.29, 1.82) is 0 Å². The maximum Gasteiger partial charge on any atom is 0.305 e. The highest BCUT2D eigenvalue weighted by Gasteiger charge is 2.14. The molecule has 0 amide bonds. The molecule has 1 rings (SSSR count). The molecule has 1 aliphatic carbocycles. The predicted molar refractivity (Wildman–Crippen MR) is 77.2 cm³/mol. The summed E-state index contributed by atoms with van der Waals surface area (Å²) in [6.07, 6.45) is 8.75. The molecule has 19 heavy (non-hydrogen) atoms. The zero-order valence-corrected chi connectivity index (χ0v) is 12.2. The summed E-state index contributed by atoms with van der Waals surface area (Å²) in [5, 5.41) is 6.76. The molecule has 0 aliphatic heterocycles. The van der Waals surface area contributed by atoms with E-state index in [0.717, 1.165) is 25.3 Å². The van der Waals surface area contributed by atoms with Gasteiger partial charge in [-0.1, -0.05) is 19.3 Å². The first kappa shape index (κ1) is 15.8. The zero-order valence-electron chi connectivity index (χ0n) is 12.2. The lowest BCUT2D eigenvalue weighted by atomic mass is 9.96. The number of hydrogen-bond acceptors (Lipinski definition) is 3. The van der Waals surface area contributed by atoms with Crippen molar-refractivity contribution in [3.05, 3.63) is 0 Å². The number of rotatable bonds is 6. The quantitative estimate of drug-likeness (QED) is 0.334. The molecular formula is C14H27N3O2. The number of carbonyl (C=O) groups excluding carboxylic acids is 1. The van der Waals surface area contributed by atoms with Gasteiger partial charge in [-0.2, -0.15) is 0 Å². The van der Waals surface area contributed by atoms with Crippen molar-refractivity contribution in [1.82, 2.24) is 10.6 Å². The van der Waals surface area contributed by atoms with Crippen LogP contribution in [-0.2, 0) is 9.53 Å². The van der Waals surface area contributed by atoms with E-state index in [1.807, 2.05) is 0 Å². The molecule has 5 heteroatoms. The standard InChI is InChI=1S/C14H27N3O2/c1-15-14(17-12-8-4-3-5-9-12)16-11-7-6-10-13(18)19-2/h12H,3-11H2,1-2H3,(H2,15,16,17). The highest BCUT2D eigenvalue weighted by molar-refractivity contribution is 5.79. The minimum absolute atomic E-state index is 0.135. The Labute approximate surface area is 116 Å². The molecule has 0 heterocycles. The van der Waals surface area contributed by atoms with E-state index >= 15 is 0 Å². The van der Waals surface area contributed by atoms with Gasteiger partial charge in [0.05, 0.1) is 7.11 Å². The number of hydrogen-bond donors (Lipinski definition) is 2. The largest absolute Gasteiger partial charge is 0.469 e. The van der Waals surface area contributed by atoms with Crippen LogP contribution in [0.2, 0.25) is 0 Å².